The molecular weight excluding hydrogens is 340 g/mol. The van der Waals surface area contributed by atoms with Crippen molar-refractivity contribution < 1.29 is 9.53 Å². The Morgan fingerprint density at radius 3 is 2.33 bits per heavy atom. The van der Waals surface area contributed by atoms with Gasteiger partial charge in [-0.25, -0.2) is 5.10 Å². The Hall–Kier alpha value is -3.21. The van der Waals surface area contributed by atoms with Gasteiger partial charge in [0.15, 0.2) is 5.78 Å². The van der Waals surface area contributed by atoms with Crippen molar-refractivity contribution in [2.24, 2.45) is 0 Å². The minimum atomic E-state index is -0.250. The Balaban J connectivity index is 2.01. The normalized spacial score (nSPS) is 10.7. The van der Waals surface area contributed by atoms with Crippen LogP contribution in [0, 0.1) is 20.8 Å². The number of nitrogens with zero attached hydrogens (tertiary/aromatic N) is 1. The maximum atomic E-state index is 13.1. The van der Waals surface area contributed by atoms with E-state index in [1.54, 1.807) is 25.3 Å². The van der Waals surface area contributed by atoms with E-state index in [4.69, 9.17) is 4.74 Å². The predicted molar refractivity (Wildman–Crippen MR) is 105 cm³/mol. The molecule has 5 nitrogen and oxygen atoms in total. The Bertz CT molecular complexity index is 1020. The molecule has 5 heteroatoms. The quantitative estimate of drug-likeness (QED) is 0.705. The molecule has 138 valence electrons. The second-order valence-electron chi connectivity index (χ2n) is 6.72. The molecule has 3 aromatic rings. The molecule has 0 fully saturated rings. The minimum Gasteiger partial charge on any atom is -0.496 e. The van der Waals surface area contributed by atoms with Crippen LogP contribution in [0.2, 0.25) is 0 Å². The zero-order valence-electron chi connectivity index (χ0n) is 15.9. The van der Waals surface area contributed by atoms with Crippen molar-refractivity contribution in [1.29, 1.82) is 0 Å². The Morgan fingerprint density at radius 2 is 1.74 bits per heavy atom. The number of hydrogen-bond donors (Lipinski definition) is 1. The first kappa shape index (κ1) is 18.6. The number of hydrogen-bond acceptors (Lipinski definition) is 4. The van der Waals surface area contributed by atoms with Gasteiger partial charge in [-0.1, -0.05) is 17.7 Å². The Kier molecular flexibility index (Phi) is 5.21. The standard InChI is InChI=1S/C22H22N2O3/c1-13-9-14(2)21(15(3)10-13)22(26)16-5-7-19(27-4)17(11-16)12-18-6-8-20(25)24-23-18/h5-11H,12H2,1-4H3,(H,24,25). The lowest BCUT2D eigenvalue weighted by Crippen LogP contribution is -2.10. The van der Waals surface area contributed by atoms with Gasteiger partial charge in [-0.2, -0.15) is 5.10 Å². The zero-order valence-corrected chi connectivity index (χ0v) is 15.9. The number of aromatic amines is 1. The number of methoxy groups -OCH3 is 1. The van der Waals surface area contributed by atoms with E-state index in [0.717, 1.165) is 27.8 Å². The van der Waals surface area contributed by atoms with Crippen molar-refractivity contribution in [3.05, 3.63) is 91.9 Å². The first-order valence-corrected chi connectivity index (χ1v) is 8.73. The fourth-order valence-electron chi connectivity index (χ4n) is 3.41. The molecule has 2 aromatic carbocycles. The summed E-state index contributed by atoms with van der Waals surface area (Å²) in [6.07, 6.45) is 0.451. The highest BCUT2D eigenvalue weighted by molar-refractivity contribution is 6.11. The lowest BCUT2D eigenvalue weighted by Gasteiger charge is -2.13. The molecule has 1 heterocycles. The molecule has 0 aliphatic rings. The van der Waals surface area contributed by atoms with Gasteiger partial charge in [0.1, 0.15) is 5.75 Å². The highest BCUT2D eigenvalue weighted by Crippen LogP contribution is 2.26. The third kappa shape index (κ3) is 3.97. The summed E-state index contributed by atoms with van der Waals surface area (Å²) in [6, 6.07) is 12.6. The van der Waals surface area contributed by atoms with Crippen LogP contribution in [0.5, 0.6) is 5.75 Å². The third-order valence-electron chi connectivity index (χ3n) is 4.56. The lowest BCUT2D eigenvalue weighted by atomic mass is 9.92. The molecule has 0 aliphatic carbocycles. The van der Waals surface area contributed by atoms with E-state index in [9.17, 15) is 9.59 Å². The summed E-state index contributed by atoms with van der Waals surface area (Å²) in [5, 5.41) is 6.47. The molecule has 0 bridgehead atoms. The van der Waals surface area contributed by atoms with Crippen molar-refractivity contribution in [2.75, 3.05) is 7.11 Å². The maximum absolute atomic E-state index is 13.1. The molecule has 0 aliphatic heterocycles. The van der Waals surface area contributed by atoms with Crippen LogP contribution >= 0.6 is 0 Å². The SMILES string of the molecule is COc1ccc(C(=O)c2c(C)cc(C)cc2C)cc1Cc1ccc(=O)[nH]n1. The third-order valence-corrected chi connectivity index (χ3v) is 4.56. The number of carbonyl (C=O) groups excluding carboxylic acids is 1. The molecule has 1 aromatic heterocycles. The molecule has 0 saturated heterocycles. The number of benzene rings is 2. The smallest absolute Gasteiger partial charge is 0.264 e. The van der Waals surface area contributed by atoms with Gasteiger partial charge in [-0.15, -0.1) is 0 Å². The van der Waals surface area contributed by atoms with Crippen LogP contribution in [0.1, 0.15) is 43.9 Å². The number of rotatable bonds is 5. The van der Waals surface area contributed by atoms with Gasteiger partial charge in [-0.05, 0) is 56.2 Å². The van der Waals surface area contributed by atoms with Crippen molar-refractivity contribution in [2.45, 2.75) is 27.2 Å². The van der Waals surface area contributed by atoms with Gasteiger partial charge in [0.05, 0.1) is 12.8 Å². The van der Waals surface area contributed by atoms with E-state index in [2.05, 4.69) is 10.2 Å². The Labute approximate surface area is 158 Å². The second kappa shape index (κ2) is 7.58. The van der Waals surface area contributed by atoms with E-state index in [0.29, 0.717) is 23.4 Å². The van der Waals surface area contributed by atoms with Gasteiger partial charge < -0.3 is 4.74 Å². The summed E-state index contributed by atoms with van der Waals surface area (Å²) in [7, 11) is 1.59. The van der Waals surface area contributed by atoms with E-state index in [1.165, 1.54) is 6.07 Å². The number of carbonyl (C=O) groups is 1. The van der Waals surface area contributed by atoms with Crippen molar-refractivity contribution in [3.8, 4) is 5.75 Å². The van der Waals surface area contributed by atoms with Gasteiger partial charge >= 0.3 is 0 Å². The first-order valence-electron chi connectivity index (χ1n) is 8.73. The van der Waals surface area contributed by atoms with Crippen molar-refractivity contribution >= 4 is 5.78 Å². The van der Waals surface area contributed by atoms with Crippen LogP contribution in [0.15, 0.2) is 47.3 Å². The number of ketones is 1. The number of H-pyrrole nitrogens is 1. The van der Waals surface area contributed by atoms with E-state index in [1.807, 2.05) is 39.0 Å². The maximum Gasteiger partial charge on any atom is 0.264 e. The molecular formula is C22H22N2O3. The van der Waals surface area contributed by atoms with E-state index >= 15 is 0 Å². The molecule has 0 radical (unpaired) electrons. The summed E-state index contributed by atoms with van der Waals surface area (Å²) >= 11 is 0. The van der Waals surface area contributed by atoms with Gasteiger partial charge in [0.2, 0.25) is 0 Å². The molecule has 0 spiro atoms. The Morgan fingerprint density at radius 1 is 1.04 bits per heavy atom. The number of aryl methyl sites for hydroxylation is 3. The van der Waals surface area contributed by atoms with Crippen LogP contribution in [0.4, 0.5) is 0 Å². The van der Waals surface area contributed by atoms with E-state index < -0.39 is 0 Å². The number of nitrogens with one attached hydrogen (secondary N) is 1. The zero-order chi connectivity index (χ0) is 19.6. The van der Waals surface area contributed by atoms with Crippen LogP contribution in [-0.2, 0) is 6.42 Å². The molecule has 0 unspecified atom stereocenters. The molecule has 27 heavy (non-hydrogen) atoms. The van der Waals surface area contributed by atoms with Crippen LogP contribution in [0.3, 0.4) is 0 Å². The average molecular weight is 362 g/mol. The largest absolute Gasteiger partial charge is 0.496 e. The average Bonchev–Trinajstić information content (AvgIpc) is 2.62. The van der Waals surface area contributed by atoms with Crippen LogP contribution in [0.25, 0.3) is 0 Å². The highest BCUT2D eigenvalue weighted by Gasteiger charge is 2.17. The predicted octanol–water partition coefficient (Wildman–Crippen LogP) is 3.53. The monoisotopic (exact) mass is 362 g/mol. The number of ether oxygens (including phenoxy) is 1. The molecule has 3 rings (SSSR count). The van der Waals surface area contributed by atoms with E-state index in [-0.39, 0.29) is 11.3 Å². The van der Waals surface area contributed by atoms with Crippen LogP contribution < -0.4 is 10.3 Å². The topological polar surface area (TPSA) is 72.1 Å². The summed E-state index contributed by atoms with van der Waals surface area (Å²) in [6.45, 7) is 5.95. The summed E-state index contributed by atoms with van der Waals surface area (Å²) in [4.78, 5) is 24.3. The van der Waals surface area contributed by atoms with Gasteiger partial charge in [0, 0.05) is 29.2 Å². The van der Waals surface area contributed by atoms with Gasteiger partial charge in [-0.3, -0.25) is 9.59 Å². The molecule has 0 atom stereocenters. The van der Waals surface area contributed by atoms with Crippen LogP contribution in [-0.4, -0.2) is 23.1 Å². The van der Waals surface area contributed by atoms with Crippen molar-refractivity contribution in [1.82, 2.24) is 10.2 Å². The second-order valence-corrected chi connectivity index (χ2v) is 6.72. The van der Waals surface area contributed by atoms with Gasteiger partial charge in [0.25, 0.3) is 5.56 Å². The summed E-state index contributed by atoms with van der Waals surface area (Å²) in [5.41, 5.74) is 5.70. The molecule has 0 saturated carbocycles. The minimum absolute atomic E-state index is 0.0108. The molecule has 0 amide bonds. The van der Waals surface area contributed by atoms with Crippen molar-refractivity contribution in [3.63, 3.8) is 0 Å². The lowest BCUT2D eigenvalue weighted by molar-refractivity contribution is 0.103. The highest BCUT2D eigenvalue weighted by atomic mass is 16.5. The molecule has 1 N–H and O–H groups in total. The first-order chi connectivity index (χ1) is 12.9. The number of aromatic nitrogens is 2. The summed E-state index contributed by atoms with van der Waals surface area (Å²) < 4.78 is 5.43. The fraction of sp³-hybridized carbons (Fsp3) is 0.227. The fourth-order valence-corrected chi connectivity index (χ4v) is 3.41. The summed E-state index contributed by atoms with van der Waals surface area (Å²) in [5.74, 6) is 0.667.